The Hall–Kier alpha value is -1.67. The number of fused-ring (bicyclic) bond motifs is 1. The molecule has 7 nitrogen and oxygen atoms in total. The molecular weight excluding hydrogens is 387 g/mol. The summed E-state index contributed by atoms with van der Waals surface area (Å²) in [5, 5.41) is 11.0. The second-order valence-corrected chi connectivity index (χ2v) is 6.68. The van der Waals surface area contributed by atoms with Crippen LogP contribution in [0.2, 0.25) is 0 Å². The third-order valence-corrected chi connectivity index (χ3v) is 4.92. The van der Waals surface area contributed by atoms with Gasteiger partial charge in [0.05, 0.1) is 24.5 Å². The smallest absolute Gasteiger partial charge is 0.242 e. The van der Waals surface area contributed by atoms with Gasteiger partial charge in [0.15, 0.2) is 0 Å². The number of hydrogen-bond acceptors (Lipinski definition) is 5. The highest BCUT2D eigenvalue weighted by molar-refractivity contribution is 5.85. The Morgan fingerprint density at radius 2 is 2.07 bits per heavy atom. The van der Waals surface area contributed by atoms with Gasteiger partial charge in [-0.1, -0.05) is 6.07 Å². The quantitative estimate of drug-likeness (QED) is 0.780. The van der Waals surface area contributed by atoms with Crippen molar-refractivity contribution in [3.63, 3.8) is 0 Å². The van der Waals surface area contributed by atoms with Gasteiger partial charge in [-0.25, -0.2) is 0 Å². The maximum Gasteiger partial charge on any atom is 0.242 e. The molecule has 4 heterocycles. The topological polar surface area (TPSA) is 75.1 Å². The molecule has 2 aliphatic rings. The molecule has 0 bridgehead atoms. The summed E-state index contributed by atoms with van der Waals surface area (Å²) in [5.41, 5.74) is 3.05. The van der Waals surface area contributed by atoms with Crippen LogP contribution in [0.5, 0.6) is 0 Å². The Bertz CT molecular complexity index is 709. The van der Waals surface area contributed by atoms with Crippen LogP contribution in [0, 0.1) is 0 Å². The molecule has 4 rings (SSSR count). The third-order valence-electron chi connectivity index (χ3n) is 4.92. The van der Waals surface area contributed by atoms with Crippen LogP contribution >= 0.6 is 24.8 Å². The first kappa shape index (κ1) is 21.6. The first-order valence-corrected chi connectivity index (χ1v) is 8.99. The molecule has 2 aromatic rings. The summed E-state index contributed by atoms with van der Waals surface area (Å²) in [6.07, 6.45) is 5.82. The van der Waals surface area contributed by atoms with E-state index in [4.69, 9.17) is 0 Å². The van der Waals surface area contributed by atoms with Gasteiger partial charge in [0, 0.05) is 25.5 Å². The first-order chi connectivity index (χ1) is 12.3. The molecule has 0 aliphatic carbocycles. The van der Waals surface area contributed by atoms with E-state index in [0.29, 0.717) is 6.54 Å². The number of nitrogens with one attached hydrogen (secondary N) is 2. The highest BCUT2D eigenvalue weighted by atomic mass is 35.5. The molecule has 1 unspecified atom stereocenters. The number of amides is 1. The van der Waals surface area contributed by atoms with Crippen molar-refractivity contribution in [2.45, 2.75) is 38.5 Å². The monoisotopic (exact) mass is 412 g/mol. The number of rotatable bonds is 5. The normalized spacial score (nSPS) is 17.3. The molecule has 1 amide bonds. The number of nitrogens with zero attached hydrogens (tertiary/aromatic N) is 4. The summed E-state index contributed by atoms with van der Waals surface area (Å²) >= 11 is 0. The minimum Gasteiger partial charge on any atom is -0.349 e. The van der Waals surface area contributed by atoms with E-state index in [2.05, 4.69) is 31.7 Å². The highest BCUT2D eigenvalue weighted by Gasteiger charge is 2.29. The van der Waals surface area contributed by atoms with Crippen LogP contribution < -0.4 is 10.6 Å². The van der Waals surface area contributed by atoms with Crippen molar-refractivity contribution >= 4 is 30.7 Å². The molecule has 1 saturated heterocycles. The zero-order chi connectivity index (χ0) is 17.1. The predicted octanol–water partition coefficient (Wildman–Crippen LogP) is 1.68. The van der Waals surface area contributed by atoms with Crippen molar-refractivity contribution in [3.05, 3.63) is 47.5 Å². The van der Waals surface area contributed by atoms with Gasteiger partial charge in [-0.05, 0) is 43.6 Å². The van der Waals surface area contributed by atoms with E-state index in [0.717, 1.165) is 56.8 Å². The Labute approximate surface area is 171 Å². The molecule has 2 aromatic heterocycles. The van der Waals surface area contributed by atoms with Crippen molar-refractivity contribution in [2.24, 2.45) is 0 Å². The molecular formula is C18H26Cl2N6O. The number of carbonyl (C=O) groups excluding carboxylic acids is 1. The summed E-state index contributed by atoms with van der Waals surface area (Å²) in [6, 6.07) is 5.68. The fourth-order valence-corrected chi connectivity index (χ4v) is 3.68. The van der Waals surface area contributed by atoms with Crippen molar-refractivity contribution in [3.8, 4) is 0 Å². The van der Waals surface area contributed by atoms with E-state index in [9.17, 15) is 4.79 Å². The van der Waals surface area contributed by atoms with Crippen molar-refractivity contribution in [1.82, 2.24) is 30.3 Å². The van der Waals surface area contributed by atoms with E-state index in [1.54, 1.807) is 12.4 Å². The molecule has 2 N–H and O–H groups in total. The number of likely N-dealkylation sites (tertiary alicyclic amines) is 1. The van der Waals surface area contributed by atoms with Crippen LogP contribution in [0.15, 0.2) is 30.6 Å². The Kier molecular flexibility index (Phi) is 8.04. The first-order valence-electron chi connectivity index (χ1n) is 8.99. The van der Waals surface area contributed by atoms with Crippen molar-refractivity contribution in [1.29, 1.82) is 0 Å². The molecule has 9 heteroatoms. The Morgan fingerprint density at radius 1 is 1.26 bits per heavy atom. The molecule has 0 saturated carbocycles. The summed E-state index contributed by atoms with van der Waals surface area (Å²) in [5.74, 6) is 0.0268. The summed E-state index contributed by atoms with van der Waals surface area (Å²) in [4.78, 5) is 19.4. The van der Waals surface area contributed by atoms with E-state index >= 15 is 0 Å². The zero-order valence-corrected chi connectivity index (χ0v) is 16.8. The molecule has 0 spiro atoms. The van der Waals surface area contributed by atoms with E-state index in [1.807, 2.05) is 16.8 Å². The fourth-order valence-electron chi connectivity index (χ4n) is 3.68. The summed E-state index contributed by atoms with van der Waals surface area (Å²) in [6.45, 7) is 5.04. The van der Waals surface area contributed by atoms with Crippen molar-refractivity contribution in [2.75, 3.05) is 19.6 Å². The van der Waals surface area contributed by atoms with E-state index < -0.39 is 0 Å². The molecule has 1 atom stereocenters. The van der Waals surface area contributed by atoms with Gasteiger partial charge in [-0.3, -0.25) is 19.4 Å². The minimum absolute atomic E-state index is 0. The summed E-state index contributed by atoms with van der Waals surface area (Å²) < 4.78 is 2.02. The number of halogens is 2. The Morgan fingerprint density at radius 3 is 2.78 bits per heavy atom. The lowest BCUT2D eigenvalue weighted by molar-refractivity contribution is -0.126. The average Bonchev–Trinajstić information content (AvgIpc) is 3.30. The van der Waals surface area contributed by atoms with Gasteiger partial charge in [-0.2, -0.15) is 5.10 Å². The van der Waals surface area contributed by atoms with Gasteiger partial charge in [0.1, 0.15) is 6.04 Å². The molecule has 0 aromatic carbocycles. The molecule has 27 heavy (non-hydrogen) atoms. The molecule has 0 radical (unpaired) electrons. The molecule has 1 fully saturated rings. The van der Waals surface area contributed by atoms with Crippen molar-refractivity contribution < 1.29 is 4.79 Å². The largest absolute Gasteiger partial charge is 0.349 e. The van der Waals surface area contributed by atoms with Crippen LogP contribution in [-0.4, -0.2) is 45.2 Å². The van der Waals surface area contributed by atoms with Crippen LogP contribution in [-0.2, 0) is 24.4 Å². The van der Waals surface area contributed by atoms with Crippen LogP contribution in [0.25, 0.3) is 0 Å². The zero-order valence-electron chi connectivity index (χ0n) is 15.1. The maximum absolute atomic E-state index is 12.9. The van der Waals surface area contributed by atoms with Gasteiger partial charge < -0.3 is 10.6 Å². The summed E-state index contributed by atoms with van der Waals surface area (Å²) in [7, 11) is 0. The number of pyridine rings is 1. The molecule has 148 valence electrons. The van der Waals surface area contributed by atoms with E-state index in [-0.39, 0.29) is 36.8 Å². The lowest BCUT2D eigenvalue weighted by atomic mass is 10.1. The van der Waals surface area contributed by atoms with Crippen LogP contribution in [0.3, 0.4) is 0 Å². The standard InChI is InChI=1S/C18H24N6O.2ClH/c25-18(21-12-15-10-16-13-20-6-9-24(16)22-15)17(23-7-1-2-8-23)14-4-3-5-19-11-14;;/h3-5,10-11,17,20H,1-2,6-9,12-13H2,(H,21,25);2*1H. The van der Waals surface area contributed by atoms with Gasteiger partial charge >= 0.3 is 0 Å². The highest BCUT2D eigenvalue weighted by Crippen LogP contribution is 2.25. The lowest BCUT2D eigenvalue weighted by Crippen LogP contribution is -2.39. The van der Waals surface area contributed by atoms with E-state index in [1.165, 1.54) is 5.69 Å². The van der Waals surface area contributed by atoms with Gasteiger partial charge in [-0.15, -0.1) is 24.8 Å². The van der Waals surface area contributed by atoms with Gasteiger partial charge in [0.25, 0.3) is 0 Å². The fraction of sp³-hybridized carbons (Fsp3) is 0.500. The second kappa shape index (κ2) is 10.0. The lowest BCUT2D eigenvalue weighted by Gasteiger charge is -2.26. The maximum atomic E-state index is 12.9. The number of carbonyl (C=O) groups is 1. The van der Waals surface area contributed by atoms with Crippen LogP contribution in [0.4, 0.5) is 0 Å². The number of hydrogen-bond donors (Lipinski definition) is 2. The SMILES string of the molecule is Cl.Cl.O=C(NCc1cc2n(n1)CCNC2)C(c1cccnc1)N1CCCC1. The van der Waals surface area contributed by atoms with Gasteiger partial charge in [0.2, 0.25) is 5.91 Å². The van der Waals surface area contributed by atoms with Crippen LogP contribution in [0.1, 0.15) is 35.8 Å². The molecule has 2 aliphatic heterocycles. The third kappa shape index (κ3) is 4.99. The minimum atomic E-state index is -0.268. The predicted molar refractivity (Wildman–Crippen MR) is 108 cm³/mol. The number of aromatic nitrogens is 3. The Balaban J connectivity index is 0.00000131. The second-order valence-electron chi connectivity index (χ2n) is 6.68. The average molecular weight is 413 g/mol.